The van der Waals surface area contributed by atoms with Gasteiger partial charge in [-0.05, 0) is 47.7 Å². The van der Waals surface area contributed by atoms with Crippen molar-refractivity contribution < 1.29 is 4.74 Å². The van der Waals surface area contributed by atoms with Gasteiger partial charge in [0.05, 0.1) is 7.11 Å². The monoisotopic (exact) mass is 331 g/mol. The molecule has 2 aromatic carbocycles. The molecule has 2 aromatic rings. The molecule has 0 amide bonds. The smallest absolute Gasteiger partial charge is 0.122 e. The second kappa shape index (κ2) is 5.58. The fourth-order valence-corrected chi connectivity index (χ4v) is 3.39. The molecule has 0 saturated carbocycles. The number of hydrogen-bond donors (Lipinski definition) is 1. The highest BCUT2D eigenvalue weighted by molar-refractivity contribution is 9.10. The highest BCUT2D eigenvalue weighted by atomic mass is 79.9. The Bertz CT molecular complexity index is 626. The Morgan fingerprint density at radius 2 is 2.10 bits per heavy atom. The summed E-state index contributed by atoms with van der Waals surface area (Å²) >= 11 is 3.51. The molecule has 1 aliphatic carbocycles. The van der Waals surface area contributed by atoms with Crippen LogP contribution in [-0.4, -0.2) is 13.2 Å². The Morgan fingerprint density at radius 1 is 1.30 bits per heavy atom. The SMILES string of the molecule is COc1ccc(Br)cc1CC(N)C1Cc2ccccc21. The van der Waals surface area contributed by atoms with E-state index >= 15 is 0 Å². The molecule has 20 heavy (non-hydrogen) atoms. The lowest BCUT2D eigenvalue weighted by atomic mass is 9.72. The van der Waals surface area contributed by atoms with Crippen molar-refractivity contribution in [1.29, 1.82) is 0 Å². The van der Waals surface area contributed by atoms with Gasteiger partial charge in [0, 0.05) is 16.4 Å². The third-order valence-electron chi connectivity index (χ3n) is 4.11. The average Bonchev–Trinajstić information content (AvgIpc) is 2.40. The molecule has 3 heteroatoms. The summed E-state index contributed by atoms with van der Waals surface area (Å²) in [6, 6.07) is 14.8. The van der Waals surface area contributed by atoms with E-state index in [1.54, 1.807) is 7.11 Å². The molecule has 0 spiro atoms. The van der Waals surface area contributed by atoms with Crippen molar-refractivity contribution in [2.24, 2.45) is 5.73 Å². The quantitative estimate of drug-likeness (QED) is 0.927. The maximum atomic E-state index is 6.43. The molecule has 0 fully saturated rings. The molecule has 2 atom stereocenters. The number of halogens is 1. The van der Waals surface area contributed by atoms with E-state index in [1.165, 1.54) is 16.7 Å². The van der Waals surface area contributed by atoms with Crippen LogP contribution < -0.4 is 10.5 Å². The zero-order chi connectivity index (χ0) is 14.1. The number of hydrogen-bond acceptors (Lipinski definition) is 2. The van der Waals surface area contributed by atoms with Gasteiger partial charge in [-0.1, -0.05) is 40.2 Å². The molecule has 2 nitrogen and oxygen atoms in total. The zero-order valence-electron chi connectivity index (χ0n) is 11.5. The molecule has 0 heterocycles. The van der Waals surface area contributed by atoms with Crippen molar-refractivity contribution in [2.45, 2.75) is 24.8 Å². The summed E-state index contributed by atoms with van der Waals surface area (Å²) in [6.45, 7) is 0. The van der Waals surface area contributed by atoms with Crippen LogP contribution in [0.4, 0.5) is 0 Å². The molecule has 2 unspecified atom stereocenters. The van der Waals surface area contributed by atoms with Crippen LogP contribution in [0.3, 0.4) is 0 Å². The summed E-state index contributed by atoms with van der Waals surface area (Å²) in [5.41, 5.74) is 10.4. The molecule has 3 rings (SSSR count). The molecule has 0 saturated heterocycles. The van der Waals surface area contributed by atoms with E-state index in [2.05, 4.69) is 46.3 Å². The van der Waals surface area contributed by atoms with E-state index in [0.29, 0.717) is 5.92 Å². The second-order valence-corrected chi connectivity index (χ2v) is 6.25. The van der Waals surface area contributed by atoms with E-state index in [0.717, 1.165) is 23.1 Å². The number of methoxy groups -OCH3 is 1. The van der Waals surface area contributed by atoms with E-state index in [-0.39, 0.29) is 6.04 Å². The lowest BCUT2D eigenvalue weighted by Crippen LogP contribution is -2.37. The van der Waals surface area contributed by atoms with Gasteiger partial charge in [-0.3, -0.25) is 0 Å². The number of rotatable bonds is 4. The first-order chi connectivity index (χ1) is 9.69. The third-order valence-corrected chi connectivity index (χ3v) is 4.60. The minimum atomic E-state index is 0.132. The second-order valence-electron chi connectivity index (χ2n) is 5.33. The van der Waals surface area contributed by atoms with Gasteiger partial charge in [0.25, 0.3) is 0 Å². The van der Waals surface area contributed by atoms with Crippen molar-refractivity contribution in [3.63, 3.8) is 0 Å². The minimum absolute atomic E-state index is 0.132. The van der Waals surface area contributed by atoms with Gasteiger partial charge in [-0.25, -0.2) is 0 Å². The Balaban J connectivity index is 1.78. The Morgan fingerprint density at radius 3 is 2.85 bits per heavy atom. The molecule has 0 radical (unpaired) electrons. The van der Waals surface area contributed by atoms with Crippen molar-refractivity contribution in [3.8, 4) is 5.75 Å². The van der Waals surface area contributed by atoms with Crippen LogP contribution in [0.25, 0.3) is 0 Å². The highest BCUT2D eigenvalue weighted by Crippen LogP contribution is 2.38. The van der Waals surface area contributed by atoms with Crippen LogP contribution in [0.2, 0.25) is 0 Å². The summed E-state index contributed by atoms with van der Waals surface area (Å²) in [6.07, 6.45) is 1.93. The van der Waals surface area contributed by atoms with E-state index in [1.807, 2.05) is 12.1 Å². The van der Waals surface area contributed by atoms with Gasteiger partial charge in [0.1, 0.15) is 5.75 Å². The van der Waals surface area contributed by atoms with Crippen molar-refractivity contribution in [3.05, 3.63) is 63.6 Å². The van der Waals surface area contributed by atoms with Crippen LogP contribution >= 0.6 is 15.9 Å². The summed E-state index contributed by atoms with van der Waals surface area (Å²) in [4.78, 5) is 0. The van der Waals surface area contributed by atoms with Crippen molar-refractivity contribution >= 4 is 15.9 Å². The van der Waals surface area contributed by atoms with Gasteiger partial charge < -0.3 is 10.5 Å². The predicted molar refractivity (Wildman–Crippen MR) is 85.3 cm³/mol. The molecular formula is C17H18BrNO. The third kappa shape index (κ3) is 2.48. The number of nitrogens with two attached hydrogens (primary N) is 1. The van der Waals surface area contributed by atoms with Gasteiger partial charge >= 0.3 is 0 Å². The largest absolute Gasteiger partial charge is 0.496 e. The molecular weight excluding hydrogens is 314 g/mol. The first-order valence-corrected chi connectivity index (χ1v) is 7.64. The maximum absolute atomic E-state index is 6.43. The molecule has 104 valence electrons. The maximum Gasteiger partial charge on any atom is 0.122 e. The van der Waals surface area contributed by atoms with Crippen LogP contribution in [0, 0.1) is 0 Å². The summed E-state index contributed by atoms with van der Waals surface area (Å²) in [7, 11) is 1.71. The lowest BCUT2D eigenvalue weighted by molar-refractivity contribution is 0.403. The van der Waals surface area contributed by atoms with E-state index in [9.17, 15) is 0 Å². The Hall–Kier alpha value is -1.32. The Kier molecular flexibility index (Phi) is 3.81. The standard InChI is InChI=1S/C17H18BrNO/c1-20-17-7-6-13(18)8-12(17)10-16(19)15-9-11-4-2-3-5-14(11)15/h2-8,15-16H,9-10,19H2,1H3. The molecule has 2 N–H and O–H groups in total. The van der Waals surface area contributed by atoms with E-state index in [4.69, 9.17) is 10.5 Å². The summed E-state index contributed by atoms with van der Waals surface area (Å²) < 4.78 is 6.49. The van der Waals surface area contributed by atoms with Crippen LogP contribution in [0.1, 0.15) is 22.6 Å². The van der Waals surface area contributed by atoms with Gasteiger partial charge in [-0.2, -0.15) is 0 Å². The predicted octanol–water partition coefficient (Wildman–Crippen LogP) is 3.67. The van der Waals surface area contributed by atoms with Crippen LogP contribution in [0.5, 0.6) is 5.75 Å². The van der Waals surface area contributed by atoms with Crippen LogP contribution in [0.15, 0.2) is 46.9 Å². The molecule has 0 aliphatic heterocycles. The molecule has 0 aromatic heterocycles. The van der Waals surface area contributed by atoms with Gasteiger partial charge in [-0.15, -0.1) is 0 Å². The van der Waals surface area contributed by atoms with Gasteiger partial charge in [0.15, 0.2) is 0 Å². The van der Waals surface area contributed by atoms with Crippen molar-refractivity contribution in [2.75, 3.05) is 7.11 Å². The summed E-state index contributed by atoms with van der Waals surface area (Å²) in [5, 5.41) is 0. The van der Waals surface area contributed by atoms with Crippen molar-refractivity contribution in [1.82, 2.24) is 0 Å². The number of ether oxygens (including phenoxy) is 1. The number of fused-ring (bicyclic) bond motifs is 1. The first kappa shape index (κ1) is 13.7. The minimum Gasteiger partial charge on any atom is -0.496 e. The fourth-order valence-electron chi connectivity index (χ4n) is 2.98. The Labute approximate surface area is 128 Å². The van der Waals surface area contributed by atoms with Crippen LogP contribution in [-0.2, 0) is 12.8 Å². The fraction of sp³-hybridized carbons (Fsp3) is 0.294. The molecule has 0 bridgehead atoms. The normalized spacial score (nSPS) is 18.1. The van der Waals surface area contributed by atoms with E-state index < -0.39 is 0 Å². The molecule has 1 aliphatic rings. The van der Waals surface area contributed by atoms with Gasteiger partial charge in [0.2, 0.25) is 0 Å². The summed E-state index contributed by atoms with van der Waals surface area (Å²) in [5.74, 6) is 1.38. The average molecular weight is 332 g/mol. The zero-order valence-corrected chi connectivity index (χ0v) is 13.1. The highest BCUT2D eigenvalue weighted by Gasteiger charge is 2.31. The first-order valence-electron chi connectivity index (χ1n) is 6.85. The topological polar surface area (TPSA) is 35.2 Å². The lowest BCUT2D eigenvalue weighted by Gasteiger charge is -2.35. The number of benzene rings is 2.